The summed E-state index contributed by atoms with van der Waals surface area (Å²) < 4.78 is 5.09. The quantitative estimate of drug-likeness (QED) is 0.691. The molecule has 1 aliphatic rings. The lowest BCUT2D eigenvalue weighted by atomic mass is 10.1. The number of nitrogens with zero attached hydrogens (tertiary/aromatic N) is 2. The van der Waals surface area contributed by atoms with Crippen LogP contribution in [0.5, 0.6) is 0 Å². The van der Waals surface area contributed by atoms with Crippen molar-refractivity contribution >= 4 is 11.9 Å². The van der Waals surface area contributed by atoms with Gasteiger partial charge in [-0.25, -0.2) is 0 Å². The molecule has 0 saturated carbocycles. The van der Waals surface area contributed by atoms with Crippen LogP contribution in [-0.4, -0.2) is 73.2 Å². The highest BCUT2D eigenvalue weighted by molar-refractivity contribution is 5.79. The van der Waals surface area contributed by atoms with Gasteiger partial charge in [-0.05, 0) is 27.1 Å². The Hall–Kier alpha value is -1.14. The van der Waals surface area contributed by atoms with Crippen LogP contribution >= 0.6 is 0 Å². The molecule has 0 aromatic rings. The van der Waals surface area contributed by atoms with E-state index in [4.69, 9.17) is 9.84 Å². The number of aliphatic carboxylic acids is 1. The van der Waals surface area contributed by atoms with Gasteiger partial charge in [0.15, 0.2) is 0 Å². The monoisotopic (exact) mass is 244 g/mol. The normalized spacial score (nSPS) is 21.0. The minimum absolute atomic E-state index is 0.0479. The molecule has 0 aliphatic carbocycles. The SMILES string of the molecule is CN(C)CCCN1C(=O)COCC1CC(=O)O. The number of carbonyl (C=O) groups excluding carboxylic acids is 1. The minimum atomic E-state index is -0.897. The Labute approximate surface area is 101 Å². The molecule has 1 fully saturated rings. The third kappa shape index (κ3) is 4.70. The molecule has 17 heavy (non-hydrogen) atoms. The predicted molar refractivity (Wildman–Crippen MR) is 61.7 cm³/mol. The highest BCUT2D eigenvalue weighted by Crippen LogP contribution is 2.12. The van der Waals surface area contributed by atoms with Crippen LogP contribution in [0.25, 0.3) is 0 Å². The first-order chi connectivity index (χ1) is 8.00. The van der Waals surface area contributed by atoms with Crippen molar-refractivity contribution in [3.8, 4) is 0 Å². The number of hydrogen-bond acceptors (Lipinski definition) is 4. The van der Waals surface area contributed by atoms with Crippen molar-refractivity contribution in [1.29, 1.82) is 0 Å². The summed E-state index contributed by atoms with van der Waals surface area (Å²) in [6.45, 7) is 1.86. The molecule has 0 bridgehead atoms. The molecule has 6 nitrogen and oxygen atoms in total. The van der Waals surface area contributed by atoms with E-state index in [2.05, 4.69) is 0 Å². The van der Waals surface area contributed by atoms with Crippen molar-refractivity contribution in [2.24, 2.45) is 0 Å². The number of carboxylic acids is 1. The summed E-state index contributed by atoms with van der Waals surface area (Å²) in [6, 6.07) is -0.323. The second-order valence-electron chi connectivity index (χ2n) is 4.51. The van der Waals surface area contributed by atoms with Crippen LogP contribution in [-0.2, 0) is 14.3 Å². The molecule has 1 aliphatic heterocycles. The van der Waals surface area contributed by atoms with E-state index in [9.17, 15) is 9.59 Å². The minimum Gasteiger partial charge on any atom is -0.481 e. The van der Waals surface area contributed by atoms with E-state index in [-0.39, 0.29) is 25.0 Å². The molecule has 1 heterocycles. The average Bonchev–Trinajstić information content (AvgIpc) is 2.21. The van der Waals surface area contributed by atoms with Crippen molar-refractivity contribution < 1.29 is 19.4 Å². The zero-order valence-electron chi connectivity index (χ0n) is 10.4. The van der Waals surface area contributed by atoms with E-state index in [0.29, 0.717) is 13.2 Å². The van der Waals surface area contributed by atoms with Gasteiger partial charge in [-0.3, -0.25) is 9.59 Å². The van der Waals surface area contributed by atoms with Gasteiger partial charge >= 0.3 is 5.97 Å². The zero-order chi connectivity index (χ0) is 12.8. The Kier molecular flexibility index (Phi) is 5.37. The van der Waals surface area contributed by atoms with Crippen molar-refractivity contribution in [2.45, 2.75) is 18.9 Å². The summed E-state index contributed by atoms with van der Waals surface area (Å²) in [7, 11) is 3.94. The fraction of sp³-hybridized carbons (Fsp3) is 0.818. The fourth-order valence-electron chi connectivity index (χ4n) is 1.89. The maximum absolute atomic E-state index is 11.7. The standard InChI is InChI=1S/C11H20N2O4/c1-12(2)4-3-5-13-9(6-11(15)16)7-17-8-10(13)14/h9H,3-8H2,1-2H3,(H,15,16). The van der Waals surface area contributed by atoms with Gasteiger partial charge in [0.1, 0.15) is 6.61 Å². The molecule has 0 aromatic heterocycles. The number of carbonyl (C=O) groups is 2. The maximum Gasteiger partial charge on any atom is 0.305 e. The smallest absolute Gasteiger partial charge is 0.305 e. The van der Waals surface area contributed by atoms with Crippen LogP contribution in [0, 0.1) is 0 Å². The van der Waals surface area contributed by atoms with Crippen molar-refractivity contribution in [1.82, 2.24) is 9.80 Å². The molecule has 0 aromatic carbocycles. The van der Waals surface area contributed by atoms with Gasteiger partial charge in [-0.2, -0.15) is 0 Å². The second-order valence-corrected chi connectivity index (χ2v) is 4.51. The molecule has 1 rings (SSSR count). The second kappa shape index (κ2) is 6.56. The Morgan fingerprint density at radius 3 is 2.88 bits per heavy atom. The fourth-order valence-corrected chi connectivity index (χ4v) is 1.89. The Morgan fingerprint density at radius 1 is 1.59 bits per heavy atom. The Bertz CT molecular complexity index is 281. The number of amides is 1. The molecular weight excluding hydrogens is 224 g/mol. The van der Waals surface area contributed by atoms with E-state index in [1.165, 1.54) is 0 Å². The molecule has 1 atom stereocenters. The van der Waals surface area contributed by atoms with E-state index in [1.807, 2.05) is 19.0 Å². The van der Waals surface area contributed by atoms with Crippen LogP contribution < -0.4 is 0 Å². The van der Waals surface area contributed by atoms with Gasteiger partial charge in [-0.15, -0.1) is 0 Å². The average molecular weight is 244 g/mol. The third-order valence-corrected chi connectivity index (χ3v) is 2.71. The van der Waals surface area contributed by atoms with Gasteiger partial charge < -0.3 is 19.6 Å². The van der Waals surface area contributed by atoms with Crippen LogP contribution in [0.3, 0.4) is 0 Å². The molecule has 1 amide bonds. The van der Waals surface area contributed by atoms with Gasteiger partial charge in [0.2, 0.25) is 5.91 Å². The predicted octanol–water partition coefficient (Wildman–Crippen LogP) is -0.360. The summed E-state index contributed by atoms with van der Waals surface area (Å²) in [5.74, 6) is -1.01. The van der Waals surface area contributed by atoms with Crippen molar-refractivity contribution in [3.63, 3.8) is 0 Å². The third-order valence-electron chi connectivity index (χ3n) is 2.71. The molecule has 98 valence electrons. The van der Waals surface area contributed by atoms with E-state index < -0.39 is 5.97 Å². The molecular formula is C11H20N2O4. The number of rotatable bonds is 6. The van der Waals surface area contributed by atoms with Crippen LogP contribution in [0.2, 0.25) is 0 Å². The van der Waals surface area contributed by atoms with Crippen LogP contribution in [0.15, 0.2) is 0 Å². The number of carboxylic acid groups (broad SMARTS) is 1. The van der Waals surface area contributed by atoms with Crippen LogP contribution in [0.1, 0.15) is 12.8 Å². The topological polar surface area (TPSA) is 70.1 Å². The highest BCUT2D eigenvalue weighted by Gasteiger charge is 2.29. The van der Waals surface area contributed by atoms with Crippen molar-refractivity contribution in [2.75, 3.05) is 40.4 Å². The summed E-state index contributed by atoms with van der Waals surface area (Å²) >= 11 is 0. The largest absolute Gasteiger partial charge is 0.481 e. The summed E-state index contributed by atoms with van der Waals surface area (Å²) in [5, 5.41) is 8.78. The van der Waals surface area contributed by atoms with Gasteiger partial charge in [0.25, 0.3) is 0 Å². The number of ether oxygens (including phenoxy) is 1. The molecule has 1 saturated heterocycles. The number of hydrogen-bond donors (Lipinski definition) is 1. The maximum atomic E-state index is 11.7. The first-order valence-corrected chi connectivity index (χ1v) is 5.74. The van der Waals surface area contributed by atoms with Gasteiger partial charge in [-0.1, -0.05) is 0 Å². The molecule has 0 radical (unpaired) electrons. The summed E-state index contributed by atoms with van der Waals surface area (Å²) in [5.41, 5.74) is 0. The van der Waals surface area contributed by atoms with Crippen LogP contribution in [0.4, 0.5) is 0 Å². The molecule has 0 spiro atoms. The molecule has 1 N–H and O–H groups in total. The lowest BCUT2D eigenvalue weighted by Crippen LogP contribution is -2.50. The zero-order valence-corrected chi connectivity index (χ0v) is 10.4. The van der Waals surface area contributed by atoms with E-state index >= 15 is 0 Å². The Morgan fingerprint density at radius 2 is 2.29 bits per heavy atom. The molecule has 6 heteroatoms. The van der Waals surface area contributed by atoms with E-state index in [0.717, 1.165) is 13.0 Å². The number of morpholine rings is 1. The summed E-state index contributed by atoms with van der Waals surface area (Å²) in [6.07, 6.45) is 0.794. The van der Waals surface area contributed by atoms with Gasteiger partial charge in [0, 0.05) is 6.54 Å². The lowest BCUT2D eigenvalue weighted by molar-refractivity contribution is -0.152. The Balaban J connectivity index is 2.48. The van der Waals surface area contributed by atoms with E-state index in [1.54, 1.807) is 4.90 Å². The molecule has 1 unspecified atom stereocenters. The van der Waals surface area contributed by atoms with Crippen molar-refractivity contribution in [3.05, 3.63) is 0 Å². The lowest BCUT2D eigenvalue weighted by Gasteiger charge is -2.35. The summed E-state index contributed by atoms with van der Waals surface area (Å²) in [4.78, 5) is 26.0. The highest BCUT2D eigenvalue weighted by atomic mass is 16.5. The first-order valence-electron chi connectivity index (χ1n) is 5.74. The van der Waals surface area contributed by atoms with Gasteiger partial charge in [0.05, 0.1) is 19.1 Å². The first kappa shape index (κ1) is 13.9.